The van der Waals surface area contributed by atoms with Gasteiger partial charge in [0.1, 0.15) is 0 Å². The Hall–Kier alpha value is -1.63. The number of nitrogens with zero attached hydrogens (tertiary/aromatic N) is 4. The summed E-state index contributed by atoms with van der Waals surface area (Å²) in [5.74, 6) is 1.38. The van der Waals surface area contributed by atoms with Gasteiger partial charge in [0.25, 0.3) is 5.91 Å². The van der Waals surface area contributed by atoms with Gasteiger partial charge in [0.15, 0.2) is 5.82 Å². The van der Waals surface area contributed by atoms with Crippen molar-refractivity contribution < 1.29 is 4.79 Å². The summed E-state index contributed by atoms with van der Waals surface area (Å²) in [6.45, 7) is 4.64. The zero-order valence-electron chi connectivity index (χ0n) is 14.5. The minimum Gasteiger partial charge on any atom is -0.338 e. The number of hydrogen-bond donors (Lipinski definition) is 1. The number of hydrogen-bond acceptors (Lipinski definition) is 4. The zero-order chi connectivity index (χ0) is 16.2. The molecule has 138 valence electrons. The molecule has 1 unspecified atom stereocenters. The largest absolute Gasteiger partial charge is 0.338 e. The Bertz CT molecular complexity index is 677. The van der Waals surface area contributed by atoms with Crippen LogP contribution in [0.1, 0.15) is 29.4 Å². The van der Waals surface area contributed by atoms with E-state index in [2.05, 4.69) is 15.4 Å². The van der Waals surface area contributed by atoms with E-state index < -0.39 is 0 Å². The maximum atomic E-state index is 12.9. The van der Waals surface area contributed by atoms with E-state index >= 15 is 0 Å². The van der Waals surface area contributed by atoms with Crippen molar-refractivity contribution in [2.75, 3.05) is 26.7 Å². The number of amides is 1. The molecule has 3 heterocycles. The summed E-state index contributed by atoms with van der Waals surface area (Å²) in [6.07, 6.45) is 5.22. The van der Waals surface area contributed by atoms with Crippen molar-refractivity contribution in [2.45, 2.75) is 19.8 Å². The maximum absolute atomic E-state index is 12.9. The molecule has 2 aromatic rings. The lowest BCUT2D eigenvalue weighted by Gasteiger charge is -2.17. The Morgan fingerprint density at radius 1 is 1.36 bits per heavy atom. The van der Waals surface area contributed by atoms with Gasteiger partial charge in [0.2, 0.25) is 0 Å². The molecule has 0 radical (unpaired) electrons. The van der Waals surface area contributed by atoms with Crippen molar-refractivity contribution in [2.24, 2.45) is 5.92 Å². The van der Waals surface area contributed by atoms with Crippen molar-refractivity contribution in [1.29, 1.82) is 0 Å². The van der Waals surface area contributed by atoms with Gasteiger partial charge in [0, 0.05) is 19.3 Å². The molecule has 2 aromatic heterocycles. The van der Waals surface area contributed by atoms with E-state index in [9.17, 15) is 4.79 Å². The minimum absolute atomic E-state index is 0. The minimum atomic E-state index is 0. The molecule has 1 atom stereocenters. The number of halogens is 2. The first-order chi connectivity index (χ1) is 11.2. The van der Waals surface area contributed by atoms with Crippen molar-refractivity contribution in [1.82, 2.24) is 25.0 Å². The van der Waals surface area contributed by atoms with Crippen LogP contribution in [0.5, 0.6) is 0 Å². The van der Waals surface area contributed by atoms with Gasteiger partial charge in [-0.1, -0.05) is 13.0 Å². The third-order valence-electron chi connectivity index (χ3n) is 4.37. The third-order valence-corrected chi connectivity index (χ3v) is 4.37. The van der Waals surface area contributed by atoms with Crippen molar-refractivity contribution in [3.63, 3.8) is 0 Å². The molecule has 25 heavy (non-hydrogen) atoms. The van der Waals surface area contributed by atoms with E-state index in [0.717, 1.165) is 44.0 Å². The van der Waals surface area contributed by atoms with Crippen LogP contribution in [0.4, 0.5) is 0 Å². The Morgan fingerprint density at radius 2 is 2.16 bits per heavy atom. The summed E-state index contributed by atoms with van der Waals surface area (Å²) in [6, 6.07) is 5.70. The van der Waals surface area contributed by atoms with Crippen LogP contribution >= 0.6 is 24.8 Å². The molecule has 0 spiro atoms. The van der Waals surface area contributed by atoms with Gasteiger partial charge in [-0.3, -0.25) is 4.79 Å². The molecule has 6 nitrogen and oxygen atoms in total. The van der Waals surface area contributed by atoms with Crippen LogP contribution < -0.4 is 5.32 Å². The average Bonchev–Trinajstić information content (AvgIpc) is 3.22. The molecule has 0 bridgehead atoms. The Morgan fingerprint density at radius 3 is 2.80 bits per heavy atom. The first kappa shape index (κ1) is 21.4. The summed E-state index contributed by atoms with van der Waals surface area (Å²) < 4.78 is 1.77. The third kappa shape index (κ3) is 4.51. The predicted octanol–water partition coefficient (Wildman–Crippen LogP) is 2.35. The number of carbonyl (C=O) groups excluding carboxylic acids is 1. The molecule has 0 saturated carbocycles. The Kier molecular flexibility index (Phi) is 8.35. The molecule has 1 N–H and O–H groups in total. The highest BCUT2D eigenvalue weighted by atomic mass is 35.5. The molecule has 0 aromatic carbocycles. The zero-order valence-corrected chi connectivity index (χ0v) is 16.1. The van der Waals surface area contributed by atoms with Crippen LogP contribution in [0.3, 0.4) is 0 Å². The lowest BCUT2D eigenvalue weighted by atomic mass is 10.1. The summed E-state index contributed by atoms with van der Waals surface area (Å²) in [5, 5.41) is 7.59. The molecule has 1 aliphatic heterocycles. The van der Waals surface area contributed by atoms with Crippen molar-refractivity contribution in [3.8, 4) is 5.82 Å². The second-order valence-electron chi connectivity index (χ2n) is 5.92. The highest BCUT2D eigenvalue weighted by molar-refractivity contribution is 5.95. The Balaban J connectivity index is 0.00000156. The number of aromatic nitrogens is 3. The van der Waals surface area contributed by atoms with Gasteiger partial charge in [-0.2, -0.15) is 5.10 Å². The molecular weight excluding hydrogens is 361 g/mol. The number of rotatable bonds is 5. The highest BCUT2D eigenvalue weighted by Gasteiger charge is 2.29. The second-order valence-corrected chi connectivity index (χ2v) is 5.92. The Labute approximate surface area is 160 Å². The van der Waals surface area contributed by atoms with Gasteiger partial charge in [-0.05, 0) is 44.5 Å². The van der Waals surface area contributed by atoms with E-state index in [-0.39, 0.29) is 30.7 Å². The fourth-order valence-corrected chi connectivity index (χ4v) is 3.21. The first-order valence-electron chi connectivity index (χ1n) is 8.16. The quantitative estimate of drug-likeness (QED) is 0.857. The summed E-state index contributed by atoms with van der Waals surface area (Å²) in [7, 11) is 1.95. The summed E-state index contributed by atoms with van der Waals surface area (Å²) in [4.78, 5) is 19.1. The van der Waals surface area contributed by atoms with Crippen LogP contribution in [0.15, 0.2) is 30.6 Å². The first-order valence-corrected chi connectivity index (χ1v) is 8.16. The maximum Gasteiger partial charge on any atom is 0.257 e. The number of likely N-dealkylation sites (tertiary alicyclic amines) is 1. The number of pyridine rings is 1. The molecule has 1 aliphatic rings. The van der Waals surface area contributed by atoms with Gasteiger partial charge >= 0.3 is 0 Å². The molecule has 0 aliphatic carbocycles. The van der Waals surface area contributed by atoms with Gasteiger partial charge in [-0.25, -0.2) is 9.67 Å². The monoisotopic (exact) mass is 385 g/mol. The fraction of sp³-hybridized carbons (Fsp3) is 0.471. The van der Waals surface area contributed by atoms with E-state index in [1.54, 1.807) is 17.1 Å². The predicted molar refractivity (Wildman–Crippen MR) is 103 cm³/mol. The SMILES string of the molecule is CCc1c(C(=O)N2CCC(CNC)C2)cnn1-c1ccccn1.Cl.Cl. The smallest absolute Gasteiger partial charge is 0.257 e. The van der Waals surface area contributed by atoms with Crippen LogP contribution in [0.25, 0.3) is 5.82 Å². The summed E-state index contributed by atoms with van der Waals surface area (Å²) >= 11 is 0. The van der Waals surface area contributed by atoms with Gasteiger partial charge in [0.05, 0.1) is 17.5 Å². The number of carbonyl (C=O) groups is 1. The van der Waals surface area contributed by atoms with Gasteiger partial charge < -0.3 is 10.2 Å². The van der Waals surface area contributed by atoms with E-state index in [0.29, 0.717) is 11.5 Å². The molecule has 1 saturated heterocycles. The molecule has 8 heteroatoms. The van der Waals surface area contributed by atoms with Crippen LogP contribution in [-0.2, 0) is 6.42 Å². The lowest BCUT2D eigenvalue weighted by Crippen LogP contribution is -2.30. The van der Waals surface area contributed by atoms with E-state index in [1.807, 2.05) is 37.1 Å². The highest BCUT2D eigenvalue weighted by Crippen LogP contribution is 2.21. The van der Waals surface area contributed by atoms with Crippen LogP contribution in [0, 0.1) is 5.92 Å². The van der Waals surface area contributed by atoms with Crippen LogP contribution in [-0.4, -0.2) is 52.3 Å². The lowest BCUT2D eigenvalue weighted by molar-refractivity contribution is 0.0786. The summed E-state index contributed by atoms with van der Waals surface area (Å²) in [5.41, 5.74) is 1.62. The standard InChI is InChI=1S/C17H23N5O.2ClH/c1-3-15-14(11-20-22(15)16-6-4-5-8-19-16)17(23)21-9-7-13(12-21)10-18-2;;/h4-6,8,11,13,18H,3,7,9-10,12H2,1-2H3;2*1H. The molecule has 3 rings (SSSR count). The molecule has 1 amide bonds. The normalized spacial score (nSPS) is 16.2. The van der Waals surface area contributed by atoms with Crippen LogP contribution in [0.2, 0.25) is 0 Å². The van der Waals surface area contributed by atoms with E-state index in [4.69, 9.17) is 0 Å². The molecule has 1 fully saturated rings. The fourth-order valence-electron chi connectivity index (χ4n) is 3.21. The second kappa shape index (κ2) is 9.75. The number of nitrogens with one attached hydrogen (secondary N) is 1. The average molecular weight is 386 g/mol. The van der Waals surface area contributed by atoms with Crippen molar-refractivity contribution >= 4 is 30.7 Å². The topological polar surface area (TPSA) is 63.1 Å². The van der Waals surface area contributed by atoms with E-state index in [1.165, 1.54) is 0 Å². The van der Waals surface area contributed by atoms with Crippen molar-refractivity contribution in [3.05, 3.63) is 41.9 Å². The van der Waals surface area contributed by atoms with Gasteiger partial charge in [-0.15, -0.1) is 24.8 Å². The molecular formula is C17H25Cl2N5O.